The average molecular weight is 336 g/mol. The molecular weight excluding hydrogens is 327 g/mol. The number of fused-ring (bicyclic) bond motifs is 2. The molecule has 0 N–H and O–H groups in total. The monoisotopic (exact) mass is 336 g/mol. The lowest BCUT2D eigenvalue weighted by Gasteiger charge is -2.10. The molecule has 2 aromatic carbocycles. The molecule has 0 spiro atoms. The van der Waals surface area contributed by atoms with E-state index in [2.05, 4.69) is 22.6 Å². The molecule has 1 aliphatic rings. The highest BCUT2D eigenvalue weighted by atomic mass is 127. The number of halogens is 1. The highest BCUT2D eigenvalue weighted by Crippen LogP contribution is 2.40. The number of rotatable bonds is 0. The topological polar surface area (TPSA) is 26.3 Å². The van der Waals surface area contributed by atoms with E-state index in [0.717, 1.165) is 11.1 Å². The minimum atomic E-state index is -0.271. The minimum absolute atomic E-state index is 0.145. The van der Waals surface area contributed by atoms with E-state index in [9.17, 15) is 4.79 Å². The van der Waals surface area contributed by atoms with Crippen LogP contribution >= 0.6 is 22.6 Å². The summed E-state index contributed by atoms with van der Waals surface area (Å²) in [5.41, 5.74) is 2.72. The summed E-state index contributed by atoms with van der Waals surface area (Å²) in [6, 6.07) is 15.3. The van der Waals surface area contributed by atoms with Crippen LogP contribution in [0.1, 0.15) is 25.4 Å². The van der Waals surface area contributed by atoms with E-state index in [0.29, 0.717) is 11.3 Å². The molecule has 1 unspecified atom stereocenters. The van der Waals surface area contributed by atoms with Gasteiger partial charge in [0.1, 0.15) is 5.75 Å². The molecule has 3 rings (SSSR count). The number of para-hydroxylation sites is 1. The molecule has 0 bridgehead atoms. The minimum Gasteiger partial charge on any atom is -0.423 e. The van der Waals surface area contributed by atoms with Crippen molar-refractivity contribution in [1.82, 2.24) is 0 Å². The molecule has 0 radical (unpaired) electrons. The fraction of sp³-hybridized carbons (Fsp3) is 0.0714. The van der Waals surface area contributed by atoms with Crippen LogP contribution in [0.3, 0.4) is 0 Å². The lowest BCUT2D eigenvalue weighted by molar-refractivity contribution is 0.0736. The number of esters is 1. The van der Waals surface area contributed by atoms with E-state index < -0.39 is 0 Å². The van der Waals surface area contributed by atoms with Gasteiger partial charge >= 0.3 is 5.97 Å². The van der Waals surface area contributed by atoms with Crippen molar-refractivity contribution in [2.24, 2.45) is 0 Å². The number of carbonyl (C=O) groups is 1. The van der Waals surface area contributed by atoms with Gasteiger partial charge in [0.15, 0.2) is 0 Å². The van der Waals surface area contributed by atoms with Gasteiger partial charge in [0.25, 0.3) is 0 Å². The smallest absolute Gasteiger partial charge is 0.343 e. The van der Waals surface area contributed by atoms with Crippen LogP contribution in [0, 0.1) is 0 Å². The van der Waals surface area contributed by atoms with Crippen molar-refractivity contribution in [2.75, 3.05) is 0 Å². The Morgan fingerprint density at radius 2 is 1.59 bits per heavy atom. The maximum atomic E-state index is 12.0. The van der Waals surface area contributed by atoms with Gasteiger partial charge in [-0.15, -0.1) is 0 Å². The van der Waals surface area contributed by atoms with Gasteiger partial charge in [-0.05, 0) is 17.7 Å². The number of alkyl halides is 1. The fourth-order valence-corrected chi connectivity index (χ4v) is 3.07. The van der Waals surface area contributed by atoms with Crippen molar-refractivity contribution < 1.29 is 9.53 Å². The Labute approximate surface area is 113 Å². The second-order valence-corrected chi connectivity index (χ2v) is 5.12. The summed E-state index contributed by atoms with van der Waals surface area (Å²) < 4.78 is 5.55. The standard InChI is InChI=1S/C14H9IO2/c15-13-9-5-1-2-6-10(9)14(16)17-12-8-4-3-7-11(12)13/h1-8,13H. The molecule has 84 valence electrons. The van der Waals surface area contributed by atoms with Crippen molar-refractivity contribution in [3.8, 4) is 5.75 Å². The zero-order valence-corrected chi connectivity index (χ0v) is 11.0. The Balaban J connectivity index is 2.26. The Morgan fingerprint density at radius 3 is 2.41 bits per heavy atom. The van der Waals surface area contributed by atoms with Crippen LogP contribution in [0.4, 0.5) is 0 Å². The van der Waals surface area contributed by atoms with Gasteiger partial charge in [0.05, 0.1) is 9.49 Å². The van der Waals surface area contributed by atoms with Crippen molar-refractivity contribution in [3.63, 3.8) is 0 Å². The molecule has 0 aromatic heterocycles. The third kappa shape index (κ3) is 1.74. The number of carbonyl (C=O) groups excluding carboxylic acids is 1. The van der Waals surface area contributed by atoms with Crippen LogP contribution < -0.4 is 4.74 Å². The van der Waals surface area contributed by atoms with E-state index in [4.69, 9.17) is 4.74 Å². The summed E-state index contributed by atoms with van der Waals surface area (Å²) in [7, 11) is 0. The molecule has 2 nitrogen and oxygen atoms in total. The first-order valence-corrected chi connectivity index (χ1v) is 6.56. The van der Waals surface area contributed by atoms with Crippen LogP contribution in [-0.2, 0) is 0 Å². The highest BCUT2D eigenvalue weighted by Gasteiger charge is 2.26. The van der Waals surface area contributed by atoms with E-state index in [-0.39, 0.29) is 9.89 Å². The molecule has 0 aliphatic carbocycles. The lowest BCUT2D eigenvalue weighted by atomic mass is 10.0. The van der Waals surface area contributed by atoms with Gasteiger partial charge < -0.3 is 4.74 Å². The quantitative estimate of drug-likeness (QED) is 0.317. The molecular formula is C14H9IO2. The van der Waals surface area contributed by atoms with E-state index >= 15 is 0 Å². The molecule has 0 amide bonds. The van der Waals surface area contributed by atoms with E-state index in [1.165, 1.54) is 0 Å². The SMILES string of the molecule is O=C1Oc2ccccc2C(I)c2ccccc21. The third-order valence-corrected chi connectivity index (χ3v) is 4.19. The maximum absolute atomic E-state index is 12.0. The second kappa shape index (κ2) is 4.14. The Bertz CT molecular complexity index is 592. The summed E-state index contributed by atoms with van der Waals surface area (Å²) in [6.07, 6.45) is 0. The molecule has 3 heteroatoms. The number of ether oxygens (including phenoxy) is 1. The van der Waals surface area contributed by atoms with Gasteiger partial charge in [0, 0.05) is 5.56 Å². The van der Waals surface area contributed by atoms with Crippen molar-refractivity contribution in [3.05, 3.63) is 65.2 Å². The van der Waals surface area contributed by atoms with Gasteiger partial charge in [0.2, 0.25) is 0 Å². The van der Waals surface area contributed by atoms with E-state index in [1.54, 1.807) is 0 Å². The molecule has 0 fully saturated rings. The van der Waals surface area contributed by atoms with Gasteiger partial charge in [-0.2, -0.15) is 0 Å². The third-order valence-electron chi connectivity index (χ3n) is 2.85. The van der Waals surface area contributed by atoms with Crippen molar-refractivity contribution >= 4 is 28.6 Å². The van der Waals surface area contributed by atoms with Gasteiger partial charge in [-0.1, -0.05) is 59.0 Å². The molecule has 0 saturated heterocycles. The first-order chi connectivity index (χ1) is 8.27. The predicted molar refractivity (Wildman–Crippen MR) is 73.7 cm³/mol. The summed E-state index contributed by atoms with van der Waals surface area (Å²) in [5, 5.41) is 0. The zero-order valence-electron chi connectivity index (χ0n) is 8.89. The first kappa shape index (κ1) is 10.8. The summed E-state index contributed by atoms with van der Waals surface area (Å²) in [4.78, 5) is 12.0. The number of benzene rings is 2. The Hall–Kier alpha value is -1.36. The van der Waals surface area contributed by atoms with Crippen LogP contribution in [-0.4, -0.2) is 5.97 Å². The van der Waals surface area contributed by atoms with Crippen LogP contribution in [0.25, 0.3) is 0 Å². The summed E-state index contributed by atoms with van der Waals surface area (Å²) in [6.45, 7) is 0. The van der Waals surface area contributed by atoms with Crippen LogP contribution in [0.2, 0.25) is 0 Å². The molecule has 2 aromatic rings. The van der Waals surface area contributed by atoms with Crippen LogP contribution in [0.15, 0.2) is 48.5 Å². The zero-order chi connectivity index (χ0) is 11.8. The van der Waals surface area contributed by atoms with Crippen LogP contribution in [0.5, 0.6) is 5.75 Å². The summed E-state index contributed by atoms with van der Waals surface area (Å²) in [5.74, 6) is 0.389. The first-order valence-electron chi connectivity index (χ1n) is 5.31. The normalized spacial score (nSPS) is 17.7. The lowest BCUT2D eigenvalue weighted by Crippen LogP contribution is -2.08. The Morgan fingerprint density at radius 1 is 0.941 bits per heavy atom. The largest absolute Gasteiger partial charge is 0.423 e. The molecule has 1 atom stereocenters. The van der Waals surface area contributed by atoms with Crippen molar-refractivity contribution in [1.29, 1.82) is 0 Å². The average Bonchev–Trinajstić information content (AvgIpc) is 2.48. The second-order valence-electron chi connectivity index (χ2n) is 3.88. The molecule has 1 aliphatic heterocycles. The van der Waals surface area contributed by atoms with E-state index in [1.807, 2.05) is 48.5 Å². The predicted octanol–water partition coefficient (Wildman–Crippen LogP) is 3.74. The number of hydrogen-bond acceptors (Lipinski definition) is 2. The maximum Gasteiger partial charge on any atom is 0.343 e. The Kier molecular flexibility index (Phi) is 2.63. The van der Waals surface area contributed by atoms with Gasteiger partial charge in [-0.25, -0.2) is 4.79 Å². The number of hydrogen-bond donors (Lipinski definition) is 0. The van der Waals surface area contributed by atoms with Crippen molar-refractivity contribution in [2.45, 2.75) is 3.92 Å². The molecule has 1 heterocycles. The molecule has 0 saturated carbocycles. The summed E-state index contributed by atoms with van der Waals surface area (Å²) >= 11 is 2.34. The molecule has 17 heavy (non-hydrogen) atoms. The fourth-order valence-electron chi connectivity index (χ4n) is 2.01. The van der Waals surface area contributed by atoms with Gasteiger partial charge in [-0.3, -0.25) is 0 Å². The highest BCUT2D eigenvalue weighted by molar-refractivity contribution is 14.1.